The molecule has 0 bridgehead atoms. The Morgan fingerprint density at radius 2 is 1.23 bits per heavy atom. The molecule has 13 heavy (non-hydrogen) atoms. The van der Waals surface area contributed by atoms with Gasteiger partial charge in [0.05, 0.1) is 0 Å². The van der Waals surface area contributed by atoms with Gasteiger partial charge in [-0.15, -0.1) is 0 Å². The molecule has 74 valence electrons. The van der Waals surface area contributed by atoms with E-state index < -0.39 is 13.1 Å². The number of hydrogen-bond donors (Lipinski definition) is 0. The second-order valence-corrected chi connectivity index (χ2v) is 12.0. The first kappa shape index (κ1) is 16.6. The minimum absolute atomic E-state index is 0. The van der Waals surface area contributed by atoms with Crippen LogP contribution < -0.4 is 18.9 Å². The Labute approximate surface area is 99.7 Å². The van der Waals surface area contributed by atoms with E-state index >= 15 is 0 Å². The Hall–Kier alpha value is 1.13. The third kappa shape index (κ3) is 15.9. The first-order chi connectivity index (χ1) is 5.56. The zero-order chi connectivity index (χ0) is 9.45. The molecule has 0 aliphatic heterocycles. The van der Waals surface area contributed by atoms with Crippen LogP contribution in [-0.4, -0.2) is 13.1 Å². The maximum Gasteiger partial charge on any atom is 1.00 e. The quantitative estimate of drug-likeness (QED) is 0.425. The zero-order valence-electron chi connectivity index (χ0n) is 10.5. The van der Waals surface area contributed by atoms with Crippen molar-refractivity contribution in [1.82, 2.24) is 0 Å². The largest absolute Gasteiger partial charge is 1.00 e. The molecular weight excluding hydrogens is 166 g/mol. The van der Waals surface area contributed by atoms with Gasteiger partial charge < -0.3 is 0 Å². The van der Waals surface area contributed by atoms with Crippen molar-refractivity contribution in [2.75, 3.05) is 0 Å². The predicted molar refractivity (Wildman–Crippen MR) is 61.5 cm³/mol. The third-order valence-electron chi connectivity index (χ3n) is 2.42. The van der Waals surface area contributed by atoms with Crippen molar-refractivity contribution in [2.24, 2.45) is 0 Å². The van der Waals surface area contributed by atoms with Crippen LogP contribution in [0.2, 0.25) is 22.6 Å². The van der Waals surface area contributed by atoms with Crippen LogP contribution in [0.5, 0.6) is 0 Å². The van der Waals surface area contributed by atoms with Crippen LogP contribution in [0.4, 0.5) is 0 Å². The van der Waals surface area contributed by atoms with Gasteiger partial charge >= 0.3 is 18.9 Å². The van der Waals surface area contributed by atoms with Gasteiger partial charge in [0.2, 0.25) is 0 Å². The maximum atomic E-state index is 2.50. The average molecular weight is 192 g/mol. The van der Waals surface area contributed by atoms with Crippen molar-refractivity contribution in [3.8, 4) is 0 Å². The zero-order valence-corrected chi connectivity index (χ0v) is 11.7. The topological polar surface area (TPSA) is 0 Å². The van der Waals surface area contributed by atoms with Crippen LogP contribution in [-0.2, 0) is 0 Å². The fourth-order valence-corrected chi connectivity index (χ4v) is 3.05. The fraction of sp³-hybridized carbons (Fsp3) is 1.00. The molecule has 0 amide bonds. The summed E-state index contributed by atoms with van der Waals surface area (Å²) in [7, 11) is 0. The van der Waals surface area contributed by atoms with Crippen LogP contribution in [0.25, 0.3) is 0 Å². The van der Waals surface area contributed by atoms with E-state index in [0.29, 0.717) is 0 Å². The molecule has 0 aromatic rings. The summed E-state index contributed by atoms with van der Waals surface area (Å²) in [6.07, 6.45) is 8.73. The first-order valence-electron chi connectivity index (χ1n) is 5.85. The van der Waals surface area contributed by atoms with Crippen molar-refractivity contribution < 1.29 is 18.9 Å². The molecule has 0 fully saturated rings. The van der Waals surface area contributed by atoms with Gasteiger partial charge in [-0.2, -0.15) is 5.28 Å². The van der Waals surface area contributed by atoms with Gasteiger partial charge in [0, 0.05) is 0 Å². The number of unbranched alkanes of at least 4 members (excludes halogenated alkanes) is 5. The summed E-state index contributed by atoms with van der Waals surface area (Å²) in [5, 5.41) is 1.55. The second kappa shape index (κ2) is 9.68. The fourth-order valence-electron chi connectivity index (χ4n) is 1.54. The summed E-state index contributed by atoms with van der Waals surface area (Å²) < 4.78 is 0. The summed E-state index contributed by atoms with van der Waals surface area (Å²) in [6.45, 7) is 2.28. The molecule has 0 nitrogen and oxygen atoms in total. The summed E-state index contributed by atoms with van der Waals surface area (Å²) >= 11 is -0.980. The van der Waals surface area contributed by atoms with Gasteiger partial charge in [-0.3, -0.25) is 0 Å². The van der Waals surface area contributed by atoms with E-state index in [1.165, 1.54) is 38.5 Å². The Kier molecular flexibility index (Phi) is 12.3. The molecule has 0 saturated carbocycles. The van der Waals surface area contributed by atoms with Crippen LogP contribution in [0.15, 0.2) is 0 Å². The second-order valence-electron chi connectivity index (χ2n) is 5.51. The molecular formula is C11H26AlLi. The molecule has 2 heteroatoms. The van der Waals surface area contributed by atoms with Crippen molar-refractivity contribution >= 4 is 13.1 Å². The SMILES string of the molecule is CCCCCCC[CH2][Al-]([CH3])([CH3])[CH3].[Li+]. The van der Waals surface area contributed by atoms with Gasteiger partial charge in [-0.05, 0) is 0 Å². The molecule has 0 aliphatic carbocycles. The van der Waals surface area contributed by atoms with E-state index in [2.05, 4.69) is 24.3 Å². The summed E-state index contributed by atoms with van der Waals surface area (Å²) in [5.41, 5.74) is 0. The molecule has 0 heterocycles. The van der Waals surface area contributed by atoms with Gasteiger partial charge in [0.25, 0.3) is 0 Å². The number of rotatable bonds is 7. The molecule has 0 atom stereocenters. The summed E-state index contributed by atoms with van der Waals surface area (Å²) in [6, 6.07) is 0. The van der Waals surface area contributed by atoms with Crippen molar-refractivity contribution in [1.29, 1.82) is 0 Å². The Morgan fingerprint density at radius 1 is 0.769 bits per heavy atom. The van der Waals surface area contributed by atoms with Crippen LogP contribution in [0.1, 0.15) is 45.4 Å². The van der Waals surface area contributed by atoms with Crippen molar-refractivity contribution in [3.05, 3.63) is 0 Å². The van der Waals surface area contributed by atoms with Crippen LogP contribution in [0, 0.1) is 0 Å². The molecule has 0 radical (unpaired) electrons. The molecule has 0 unspecified atom stereocenters. The molecule has 0 aromatic heterocycles. The smallest absolute Gasteiger partial charge is 0.204 e. The Morgan fingerprint density at radius 3 is 1.69 bits per heavy atom. The number of hydrogen-bond acceptors (Lipinski definition) is 0. The van der Waals surface area contributed by atoms with E-state index in [9.17, 15) is 0 Å². The van der Waals surface area contributed by atoms with Gasteiger partial charge in [0.1, 0.15) is 13.1 Å². The van der Waals surface area contributed by atoms with Crippen LogP contribution in [0.3, 0.4) is 0 Å². The van der Waals surface area contributed by atoms with Gasteiger partial charge in [-0.25, -0.2) is 17.4 Å². The normalized spacial score (nSPS) is 11.1. The molecule has 0 rings (SSSR count). The predicted octanol–water partition coefficient (Wildman–Crippen LogP) is 1.69. The van der Waals surface area contributed by atoms with Crippen LogP contribution >= 0.6 is 0 Å². The Bertz CT molecular complexity index is 96.8. The monoisotopic (exact) mass is 192 g/mol. The van der Waals surface area contributed by atoms with Crippen molar-refractivity contribution in [2.45, 2.75) is 68.1 Å². The van der Waals surface area contributed by atoms with E-state index in [1.807, 2.05) is 0 Å². The van der Waals surface area contributed by atoms with E-state index in [4.69, 9.17) is 0 Å². The van der Waals surface area contributed by atoms with E-state index in [1.54, 1.807) is 5.28 Å². The van der Waals surface area contributed by atoms with E-state index in [0.717, 1.165) is 0 Å². The minimum Gasteiger partial charge on any atom is -0.204 e. The minimum atomic E-state index is -0.980. The summed E-state index contributed by atoms with van der Waals surface area (Å²) in [4.78, 5) is 0. The Balaban J connectivity index is 0. The average Bonchev–Trinajstić information content (AvgIpc) is 1.94. The van der Waals surface area contributed by atoms with E-state index in [-0.39, 0.29) is 18.9 Å². The molecule has 0 aliphatic rings. The van der Waals surface area contributed by atoms with Gasteiger partial charge in [0.15, 0.2) is 0 Å². The molecule has 0 N–H and O–H groups in total. The molecule has 0 spiro atoms. The van der Waals surface area contributed by atoms with Crippen molar-refractivity contribution in [3.63, 3.8) is 0 Å². The maximum absolute atomic E-state index is 2.50. The third-order valence-corrected chi connectivity index (χ3v) is 4.56. The van der Waals surface area contributed by atoms with Gasteiger partial charge in [-0.1, -0.05) is 45.4 Å². The standard InChI is InChI=1S/C8H17.3CH3.Al.Li/c1-3-5-7-8-6-4-2;;;;;/h1,3-8H2,2H3;3*1H3;;/q;;;;-1;+1. The summed E-state index contributed by atoms with van der Waals surface area (Å²) in [5.74, 6) is 7.50. The first-order valence-corrected chi connectivity index (χ1v) is 10.1. The molecule has 0 aromatic carbocycles. The molecule has 0 saturated heterocycles.